The van der Waals surface area contributed by atoms with E-state index < -0.39 is 41.9 Å². The van der Waals surface area contributed by atoms with Gasteiger partial charge in [-0.2, -0.15) is 18.3 Å². The van der Waals surface area contributed by atoms with Crippen LogP contribution < -0.4 is 19.4 Å². The van der Waals surface area contributed by atoms with E-state index in [1.54, 1.807) is 42.6 Å². The minimum Gasteiger partial charge on any atom is -0.481 e. The van der Waals surface area contributed by atoms with Crippen LogP contribution >= 0.6 is 11.6 Å². The lowest BCUT2D eigenvalue weighted by Gasteiger charge is -2.38. The summed E-state index contributed by atoms with van der Waals surface area (Å²) in [5.41, 5.74) is 0.432. The molecule has 2 amide bonds. The van der Waals surface area contributed by atoms with E-state index in [9.17, 15) is 22.8 Å². The molecule has 2 aromatic heterocycles. The van der Waals surface area contributed by atoms with Crippen molar-refractivity contribution in [1.82, 2.24) is 14.9 Å². The van der Waals surface area contributed by atoms with Crippen molar-refractivity contribution in [2.24, 2.45) is 16.9 Å². The smallest absolute Gasteiger partial charge is 0.431 e. The minimum absolute atomic E-state index is 0.0682. The third kappa shape index (κ3) is 6.38. The first-order valence-electron chi connectivity index (χ1n) is 15.0. The Morgan fingerprint density at radius 2 is 1.81 bits per heavy atom. The summed E-state index contributed by atoms with van der Waals surface area (Å²) in [5.74, 6) is -1.45. The second-order valence-electron chi connectivity index (χ2n) is 11.7. The van der Waals surface area contributed by atoms with Crippen LogP contribution in [0.4, 0.5) is 29.3 Å². The third-order valence-electron chi connectivity index (χ3n) is 8.67. The van der Waals surface area contributed by atoms with Crippen molar-refractivity contribution in [3.05, 3.63) is 71.5 Å². The van der Waals surface area contributed by atoms with Gasteiger partial charge in [-0.1, -0.05) is 55.8 Å². The predicted molar refractivity (Wildman–Crippen MR) is 167 cm³/mol. The van der Waals surface area contributed by atoms with Crippen molar-refractivity contribution in [2.45, 2.75) is 44.6 Å². The van der Waals surface area contributed by atoms with Gasteiger partial charge in [0, 0.05) is 43.5 Å². The summed E-state index contributed by atoms with van der Waals surface area (Å²) in [6.45, 7) is 4.48. The molecule has 11 nitrogen and oxygen atoms in total. The summed E-state index contributed by atoms with van der Waals surface area (Å²) < 4.78 is 58.8. The molecule has 0 radical (unpaired) electrons. The average molecular weight is 673 g/mol. The number of halogens is 4. The molecule has 6 rings (SSSR count). The maximum atomic E-state index is 14.1. The van der Waals surface area contributed by atoms with Gasteiger partial charge in [-0.15, -0.1) is 0 Å². The minimum atomic E-state index is -4.80. The number of aromatic nitrogens is 2. The van der Waals surface area contributed by atoms with Crippen LogP contribution in [0.3, 0.4) is 0 Å². The van der Waals surface area contributed by atoms with E-state index in [4.69, 9.17) is 25.8 Å². The monoisotopic (exact) mass is 672 g/mol. The van der Waals surface area contributed by atoms with Crippen LogP contribution in [0.1, 0.15) is 31.9 Å². The molecule has 0 saturated carbocycles. The Morgan fingerprint density at radius 1 is 1.06 bits per heavy atom. The summed E-state index contributed by atoms with van der Waals surface area (Å²) in [4.78, 5) is 38.2. The molecule has 0 N–H and O–H groups in total. The number of cyclic esters (lactones) is 1. The fourth-order valence-electron chi connectivity index (χ4n) is 6.22. The molecule has 0 bridgehead atoms. The molecule has 15 heteroatoms. The highest BCUT2D eigenvalue weighted by molar-refractivity contribution is 6.33. The number of benzene rings is 1. The largest absolute Gasteiger partial charge is 0.481 e. The Labute approximate surface area is 273 Å². The summed E-state index contributed by atoms with van der Waals surface area (Å²) in [5, 5.41) is 5.33. The first-order chi connectivity index (χ1) is 22.5. The Hall–Kier alpha value is -4.59. The van der Waals surface area contributed by atoms with Crippen LogP contribution in [0.2, 0.25) is 5.02 Å². The zero-order valence-electron chi connectivity index (χ0n) is 25.7. The highest BCUT2D eigenvalue weighted by Crippen LogP contribution is 2.39. The van der Waals surface area contributed by atoms with Crippen LogP contribution in [0.25, 0.3) is 0 Å². The van der Waals surface area contributed by atoms with Gasteiger partial charge in [0.25, 0.3) is 5.91 Å². The molecular weight excluding hydrogens is 641 g/mol. The molecule has 5 heterocycles. The Kier molecular flexibility index (Phi) is 8.88. The predicted octanol–water partition coefficient (Wildman–Crippen LogP) is 5.90. The fraction of sp³-hybridized carbons (Fsp3) is 0.406. The Morgan fingerprint density at radius 3 is 2.47 bits per heavy atom. The standard InChI is InChI=1S/C32H32ClF3N6O5/c1-18-16-40(23-13-27(45-3)38-15-22(23)33)12-11-25(18)47-26-10-9-21(14-37-26)42-28(19(2)29(39-42)32(34,35)36)30(43)41-24(17-46-31(41)44)20-7-5-4-6-8-20/h4-10,13-15,18-19,24-25,28H,11-12,16-17H2,1-3H3. The molecule has 5 unspecified atom stereocenters. The number of piperidine rings is 1. The van der Waals surface area contributed by atoms with E-state index in [-0.39, 0.29) is 30.2 Å². The van der Waals surface area contributed by atoms with Gasteiger partial charge in [0.15, 0.2) is 0 Å². The zero-order valence-corrected chi connectivity index (χ0v) is 26.5. The number of alkyl halides is 3. The number of imide groups is 1. The van der Waals surface area contributed by atoms with E-state index in [0.717, 1.165) is 15.6 Å². The second kappa shape index (κ2) is 12.9. The van der Waals surface area contributed by atoms with Crippen molar-refractivity contribution in [3.63, 3.8) is 0 Å². The number of carbonyl (C=O) groups excluding carboxylic acids is 2. The van der Waals surface area contributed by atoms with Gasteiger partial charge in [-0.25, -0.2) is 19.7 Å². The van der Waals surface area contributed by atoms with Crippen molar-refractivity contribution in [3.8, 4) is 11.8 Å². The SMILES string of the molecule is COc1cc(N2CCC(Oc3ccc(N4N=C(C(F)(F)F)C(C)C4C(=O)N4C(=O)OCC4c4ccccc4)cn3)C(C)C2)c(Cl)cn1. The quantitative estimate of drug-likeness (QED) is 0.303. The number of ether oxygens (including phenoxy) is 3. The molecule has 3 aliphatic rings. The maximum absolute atomic E-state index is 14.1. The first-order valence-corrected chi connectivity index (χ1v) is 15.4. The van der Waals surface area contributed by atoms with Gasteiger partial charge >= 0.3 is 12.3 Å². The lowest BCUT2D eigenvalue weighted by atomic mass is 9.95. The number of hydrogen-bond acceptors (Lipinski definition) is 10. The van der Waals surface area contributed by atoms with Crippen molar-refractivity contribution in [1.29, 1.82) is 0 Å². The molecule has 3 aliphatic heterocycles. The topological polar surface area (TPSA) is 110 Å². The number of rotatable bonds is 7. The fourth-order valence-corrected chi connectivity index (χ4v) is 6.45. The van der Waals surface area contributed by atoms with Gasteiger partial charge in [-0.3, -0.25) is 9.80 Å². The number of pyridine rings is 2. The van der Waals surface area contributed by atoms with Crippen LogP contribution in [0, 0.1) is 11.8 Å². The van der Waals surface area contributed by atoms with Gasteiger partial charge in [-0.05, 0) is 11.6 Å². The number of anilines is 2. The second-order valence-corrected chi connectivity index (χ2v) is 12.1. The number of hydrogen-bond donors (Lipinski definition) is 0. The highest BCUT2D eigenvalue weighted by Gasteiger charge is 2.54. The molecular formula is C32H32ClF3N6O5. The molecule has 0 spiro atoms. The lowest BCUT2D eigenvalue weighted by Crippen LogP contribution is -2.50. The van der Waals surface area contributed by atoms with E-state index >= 15 is 0 Å². The third-order valence-corrected chi connectivity index (χ3v) is 8.96. The molecule has 5 atom stereocenters. The molecule has 0 aliphatic carbocycles. The number of methoxy groups -OCH3 is 1. The van der Waals surface area contributed by atoms with Crippen molar-refractivity contribution >= 4 is 40.7 Å². The van der Waals surface area contributed by atoms with Gasteiger partial charge in [0.05, 0.1) is 35.9 Å². The number of carbonyl (C=O) groups is 2. The summed E-state index contributed by atoms with van der Waals surface area (Å²) >= 11 is 6.40. The lowest BCUT2D eigenvalue weighted by molar-refractivity contribution is -0.131. The van der Waals surface area contributed by atoms with E-state index in [0.29, 0.717) is 36.0 Å². The summed E-state index contributed by atoms with van der Waals surface area (Å²) in [7, 11) is 1.54. The van der Waals surface area contributed by atoms with Crippen LogP contribution in [-0.2, 0) is 9.53 Å². The average Bonchev–Trinajstić information content (AvgIpc) is 3.62. The summed E-state index contributed by atoms with van der Waals surface area (Å²) in [6, 6.07) is 11.2. The highest BCUT2D eigenvalue weighted by atomic mass is 35.5. The van der Waals surface area contributed by atoms with Gasteiger partial charge in [0.2, 0.25) is 11.8 Å². The maximum Gasteiger partial charge on any atom is 0.431 e. The zero-order chi connectivity index (χ0) is 33.5. The molecule has 1 aromatic carbocycles. The van der Waals surface area contributed by atoms with Crippen LogP contribution in [-0.4, -0.2) is 77.7 Å². The normalized spacial score (nSPS) is 24.7. The van der Waals surface area contributed by atoms with Gasteiger partial charge < -0.3 is 19.1 Å². The van der Waals surface area contributed by atoms with Crippen LogP contribution in [0.15, 0.2) is 66.0 Å². The molecule has 3 aromatic rings. The molecule has 47 heavy (non-hydrogen) atoms. The summed E-state index contributed by atoms with van der Waals surface area (Å²) in [6.07, 6.45) is -2.41. The Bertz CT molecular complexity index is 1660. The van der Waals surface area contributed by atoms with Crippen molar-refractivity contribution < 1.29 is 37.0 Å². The number of hydrazone groups is 1. The molecule has 248 valence electrons. The first kappa shape index (κ1) is 32.4. The Balaban J connectivity index is 1.20. The van der Waals surface area contributed by atoms with E-state index in [1.807, 2.05) is 6.92 Å². The molecule has 2 fully saturated rings. The van der Waals surface area contributed by atoms with E-state index in [1.165, 1.54) is 32.4 Å². The number of amides is 2. The van der Waals surface area contributed by atoms with Crippen LogP contribution in [0.5, 0.6) is 11.8 Å². The van der Waals surface area contributed by atoms with Gasteiger partial charge in [0.1, 0.15) is 30.5 Å². The number of nitrogens with zero attached hydrogens (tertiary/aromatic N) is 6. The van der Waals surface area contributed by atoms with E-state index in [2.05, 4.69) is 20.0 Å². The van der Waals surface area contributed by atoms with Crippen molar-refractivity contribution in [2.75, 3.05) is 36.7 Å². The molecule has 2 saturated heterocycles.